The van der Waals surface area contributed by atoms with E-state index in [9.17, 15) is 30.6 Å². The molecular formula is C13H24O11. The maximum Gasteiger partial charge on any atom is 0.186 e. The van der Waals surface area contributed by atoms with Gasteiger partial charge in [-0.25, -0.2) is 0 Å². The molecule has 0 radical (unpaired) electrons. The maximum absolute atomic E-state index is 9.91. The van der Waals surface area contributed by atoms with Gasteiger partial charge in [0.2, 0.25) is 0 Å². The molecule has 0 aromatic carbocycles. The molecule has 11 nitrogen and oxygen atoms in total. The van der Waals surface area contributed by atoms with Crippen molar-refractivity contribution in [2.24, 2.45) is 0 Å². The summed E-state index contributed by atoms with van der Waals surface area (Å²) in [6.45, 7) is -0.989. The molecule has 0 aromatic rings. The van der Waals surface area contributed by atoms with Gasteiger partial charge in [-0.1, -0.05) is 0 Å². The molecule has 24 heavy (non-hydrogen) atoms. The van der Waals surface area contributed by atoms with Gasteiger partial charge in [-0.3, -0.25) is 0 Å². The number of rotatable bonds is 5. The summed E-state index contributed by atoms with van der Waals surface area (Å²) < 4.78 is 20.5. The fourth-order valence-electron chi connectivity index (χ4n) is 2.64. The van der Waals surface area contributed by atoms with E-state index in [1.165, 1.54) is 7.11 Å². The zero-order chi connectivity index (χ0) is 18.0. The van der Waals surface area contributed by atoms with Crippen LogP contribution in [0.2, 0.25) is 0 Å². The Balaban J connectivity index is 1.96. The molecule has 2 rings (SSSR count). The number of aliphatic hydroxyl groups excluding tert-OH is 7. The molecule has 0 spiro atoms. The number of methoxy groups -OCH3 is 1. The van der Waals surface area contributed by atoms with Crippen LogP contribution in [0, 0.1) is 0 Å². The van der Waals surface area contributed by atoms with E-state index in [1.807, 2.05) is 0 Å². The lowest BCUT2D eigenvalue weighted by Crippen LogP contribution is -2.61. The van der Waals surface area contributed by atoms with Gasteiger partial charge in [-0.15, -0.1) is 0 Å². The Labute approximate surface area is 137 Å². The third-order valence-electron chi connectivity index (χ3n) is 4.17. The van der Waals surface area contributed by atoms with Gasteiger partial charge in [0, 0.05) is 7.11 Å². The van der Waals surface area contributed by atoms with Gasteiger partial charge < -0.3 is 54.7 Å². The van der Waals surface area contributed by atoms with Crippen LogP contribution in [0.3, 0.4) is 0 Å². The molecule has 2 heterocycles. The second-order valence-corrected chi connectivity index (χ2v) is 5.78. The van der Waals surface area contributed by atoms with E-state index >= 15 is 0 Å². The second kappa shape index (κ2) is 8.29. The number of hydrogen-bond acceptors (Lipinski definition) is 11. The molecule has 0 aliphatic carbocycles. The van der Waals surface area contributed by atoms with Crippen molar-refractivity contribution in [2.45, 2.75) is 61.4 Å². The Hall–Kier alpha value is -0.440. The molecular weight excluding hydrogens is 332 g/mol. The fraction of sp³-hybridized carbons (Fsp3) is 1.00. The Morgan fingerprint density at radius 1 is 0.708 bits per heavy atom. The summed E-state index contributed by atoms with van der Waals surface area (Å²) in [7, 11) is 1.24. The Morgan fingerprint density at radius 3 is 1.75 bits per heavy atom. The Bertz CT molecular complexity index is 356. The van der Waals surface area contributed by atoms with E-state index in [-0.39, 0.29) is 6.61 Å². The summed E-state index contributed by atoms with van der Waals surface area (Å²) in [6.07, 6.45) is -14.0. The van der Waals surface area contributed by atoms with Crippen molar-refractivity contribution in [3.63, 3.8) is 0 Å². The summed E-state index contributed by atoms with van der Waals surface area (Å²) in [5.41, 5.74) is 0. The molecule has 1 unspecified atom stereocenters. The summed E-state index contributed by atoms with van der Waals surface area (Å²) in [6, 6.07) is 0. The monoisotopic (exact) mass is 356 g/mol. The van der Waals surface area contributed by atoms with Gasteiger partial charge >= 0.3 is 0 Å². The summed E-state index contributed by atoms with van der Waals surface area (Å²) >= 11 is 0. The van der Waals surface area contributed by atoms with Crippen LogP contribution >= 0.6 is 0 Å². The van der Waals surface area contributed by atoms with Crippen LogP contribution < -0.4 is 0 Å². The standard InChI is InChI=1S/C13H24O11/c1-21-12-10(19)9(18)7(16)5(24-12)3-22-13-11(20)8(17)6(15)4(2-14)23-13/h4-20H,2-3H2,1H3/t4-,5-,6+,7-,8+,9+,10-,11-,12?,13-/m1/s1. The molecule has 2 saturated heterocycles. The average molecular weight is 356 g/mol. The van der Waals surface area contributed by atoms with Crippen LogP contribution in [0.4, 0.5) is 0 Å². The smallest absolute Gasteiger partial charge is 0.186 e. The molecule has 0 saturated carbocycles. The lowest BCUT2D eigenvalue weighted by atomic mass is 9.98. The van der Waals surface area contributed by atoms with Crippen LogP contribution in [-0.4, -0.2) is 117 Å². The van der Waals surface area contributed by atoms with E-state index in [0.29, 0.717) is 0 Å². The average Bonchev–Trinajstić information content (AvgIpc) is 2.58. The van der Waals surface area contributed by atoms with E-state index in [4.69, 9.17) is 24.1 Å². The Kier molecular flexibility index (Phi) is 6.87. The number of hydrogen-bond donors (Lipinski definition) is 7. The minimum Gasteiger partial charge on any atom is -0.394 e. The second-order valence-electron chi connectivity index (χ2n) is 5.78. The highest BCUT2D eigenvalue weighted by atomic mass is 16.7. The predicted octanol–water partition coefficient (Wildman–Crippen LogP) is -4.74. The van der Waals surface area contributed by atoms with Crippen molar-refractivity contribution in [1.82, 2.24) is 0 Å². The lowest BCUT2D eigenvalue weighted by molar-refractivity contribution is -0.328. The highest BCUT2D eigenvalue weighted by Crippen LogP contribution is 2.25. The SMILES string of the molecule is COC1O[C@H](CO[C@@H]2O[C@H](CO)[C@H](O)[C@H](O)[C@H]2O)[C@@H](O)[C@H](O)[C@H]1O. The molecule has 11 heteroatoms. The van der Waals surface area contributed by atoms with Gasteiger partial charge in [-0.05, 0) is 0 Å². The maximum atomic E-state index is 9.91. The van der Waals surface area contributed by atoms with Crippen LogP contribution in [0.1, 0.15) is 0 Å². The summed E-state index contributed by atoms with van der Waals surface area (Å²) in [4.78, 5) is 0. The first-order valence-corrected chi connectivity index (χ1v) is 7.46. The third kappa shape index (κ3) is 3.86. The first-order chi connectivity index (χ1) is 11.3. The van der Waals surface area contributed by atoms with E-state index in [2.05, 4.69) is 0 Å². The molecule has 2 aliphatic rings. The molecule has 7 N–H and O–H groups in total. The van der Waals surface area contributed by atoms with Gasteiger partial charge in [-0.2, -0.15) is 0 Å². The molecule has 0 bridgehead atoms. The van der Waals surface area contributed by atoms with Crippen molar-refractivity contribution in [3.05, 3.63) is 0 Å². The third-order valence-corrected chi connectivity index (χ3v) is 4.17. The first-order valence-electron chi connectivity index (χ1n) is 7.46. The summed E-state index contributed by atoms with van der Waals surface area (Å²) in [5.74, 6) is 0. The van der Waals surface area contributed by atoms with Gasteiger partial charge in [0.1, 0.15) is 48.8 Å². The van der Waals surface area contributed by atoms with Crippen LogP contribution in [-0.2, 0) is 18.9 Å². The normalized spacial score (nSPS) is 50.0. The summed E-state index contributed by atoms with van der Waals surface area (Å²) in [5, 5.41) is 67.6. The Morgan fingerprint density at radius 2 is 1.21 bits per heavy atom. The van der Waals surface area contributed by atoms with E-state index in [1.54, 1.807) is 0 Å². The first kappa shape index (κ1) is 19.9. The van der Waals surface area contributed by atoms with Crippen molar-refractivity contribution < 1.29 is 54.7 Å². The lowest BCUT2D eigenvalue weighted by Gasteiger charge is -2.42. The quantitative estimate of drug-likeness (QED) is 0.251. The van der Waals surface area contributed by atoms with Crippen LogP contribution in [0.15, 0.2) is 0 Å². The minimum atomic E-state index is -1.60. The minimum absolute atomic E-state index is 0.381. The van der Waals surface area contributed by atoms with Crippen molar-refractivity contribution in [3.8, 4) is 0 Å². The molecule has 10 atom stereocenters. The molecule has 2 aliphatic heterocycles. The molecule has 0 aromatic heterocycles. The highest BCUT2D eigenvalue weighted by Gasteiger charge is 2.47. The molecule has 2 fully saturated rings. The topological polar surface area (TPSA) is 179 Å². The van der Waals surface area contributed by atoms with Crippen LogP contribution in [0.25, 0.3) is 0 Å². The zero-order valence-corrected chi connectivity index (χ0v) is 13.0. The van der Waals surface area contributed by atoms with E-state index in [0.717, 1.165) is 0 Å². The van der Waals surface area contributed by atoms with Crippen LogP contribution in [0.5, 0.6) is 0 Å². The van der Waals surface area contributed by atoms with Gasteiger partial charge in [0.25, 0.3) is 0 Å². The predicted molar refractivity (Wildman–Crippen MR) is 73.4 cm³/mol. The van der Waals surface area contributed by atoms with E-state index < -0.39 is 68.0 Å². The highest BCUT2D eigenvalue weighted by molar-refractivity contribution is 4.91. The fourth-order valence-corrected chi connectivity index (χ4v) is 2.64. The number of ether oxygens (including phenoxy) is 4. The van der Waals surface area contributed by atoms with Crippen molar-refractivity contribution >= 4 is 0 Å². The molecule has 142 valence electrons. The zero-order valence-electron chi connectivity index (χ0n) is 13.0. The van der Waals surface area contributed by atoms with Crippen molar-refractivity contribution in [2.75, 3.05) is 20.3 Å². The van der Waals surface area contributed by atoms with Gasteiger partial charge in [0.15, 0.2) is 12.6 Å². The number of aliphatic hydroxyl groups is 7. The van der Waals surface area contributed by atoms with Crippen molar-refractivity contribution in [1.29, 1.82) is 0 Å². The largest absolute Gasteiger partial charge is 0.394 e. The molecule has 0 amide bonds. The van der Waals surface area contributed by atoms with Gasteiger partial charge in [0.05, 0.1) is 13.2 Å².